The Morgan fingerprint density at radius 2 is 1.88 bits per heavy atom. The van der Waals surface area contributed by atoms with E-state index in [9.17, 15) is 0 Å². The summed E-state index contributed by atoms with van der Waals surface area (Å²) in [6.07, 6.45) is 0. The van der Waals surface area contributed by atoms with Crippen molar-refractivity contribution in [3.05, 3.63) is 64.7 Å². The maximum absolute atomic E-state index is 6.22. The number of quaternary nitrogens is 1. The monoisotopic (exact) mass is 361 g/mol. The Morgan fingerprint density at radius 3 is 2.50 bits per heavy atom. The zero-order valence-electron chi connectivity index (χ0n) is 13.8. The van der Waals surface area contributed by atoms with Crippen LogP contribution >= 0.6 is 23.8 Å². The van der Waals surface area contributed by atoms with Gasteiger partial charge in [0.1, 0.15) is 17.3 Å². The van der Waals surface area contributed by atoms with Crippen molar-refractivity contribution in [3.63, 3.8) is 0 Å². The van der Waals surface area contributed by atoms with Gasteiger partial charge in [-0.15, -0.1) is 0 Å². The van der Waals surface area contributed by atoms with Crippen LogP contribution in [-0.4, -0.2) is 43.2 Å². The summed E-state index contributed by atoms with van der Waals surface area (Å²) in [5.41, 5.74) is 2.38. The molecule has 0 atom stereocenters. The number of hydrogen-bond donors (Lipinski definition) is 1. The smallest absolute Gasteiger partial charge is 0.137 e. The van der Waals surface area contributed by atoms with Crippen molar-refractivity contribution < 1.29 is 9.64 Å². The second-order valence-electron chi connectivity index (χ2n) is 6.05. The van der Waals surface area contributed by atoms with Crippen LogP contribution in [0.5, 0.6) is 5.75 Å². The lowest BCUT2D eigenvalue weighted by atomic mass is 10.1. The van der Waals surface area contributed by atoms with E-state index in [2.05, 4.69) is 35.2 Å². The largest absolute Gasteiger partial charge is 0.495 e. The van der Waals surface area contributed by atoms with Crippen LogP contribution in [0.4, 0.5) is 0 Å². The van der Waals surface area contributed by atoms with Crippen LogP contribution in [-0.2, 0) is 6.54 Å². The lowest BCUT2D eigenvalue weighted by Gasteiger charge is -2.34. The Morgan fingerprint density at radius 1 is 1.17 bits per heavy atom. The van der Waals surface area contributed by atoms with Crippen molar-refractivity contribution >= 4 is 28.8 Å². The number of benzene rings is 2. The lowest BCUT2D eigenvalue weighted by Crippen LogP contribution is -3.13. The second-order valence-corrected chi connectivity index (χ2v) is 6.85. The van der Waals surface area contributed by atoms with E-state index >= 15 is 0 Å². The number of methoxy groups -OCH3 is 1. The first-order chi connectivity index (χ1) is 11.7. The van der Waals surface area contributed by atoms with E-state index in [1.165, 1.54) is 5.56 Å². The summed E-state index contributed by atoms with van der Waals surface area (Å²) in [6, 6.07) is 16.4. The fraction of sp³-hybridized carbons (Fsp3) is 0.316. The van der Waals surface area contributed by atoms with Crippen LogP contribution in [0.1, 0.15) is 11.1 Å². The van der Waals surface area contributed by atoms with Crippen molar-refractivity contribution in [2.75, 3.05) is 33.3 Å². The minimum atomic E-state index is 0.602. The van der Waals surface area contributed by atoms with Crippen LogP contribution in [0.15, 0.2) is 48.5 Å². The molecule has 0 radical (unpaired) electrons. The van der Waals surface area contributed by atoms with E-state index in [-0.39, 0.29) is 0 Å². The predicted molar refractivity (Wildman–Crippen MR) is 102 cm³/mol. The molecule has 1 saturated heterocycles. The number of halogens is 1. The van der Waals surface area contributed by atoms with Crippen LogP contribution < -0.4 is 9.64 Å². The first-order valence-corrected chi connectivity index (χ1v) is 8.96. The van der Waals surface area contributed by atoms with E-state index in [0.717, 1.165) is 43.3 Å². The van der Waals surface area contributed by atoms with Gasteiger partial charge in [0.2, 0.25) is 0 Å². The highest BCUT2D eigenvalue weighted by Crippen LogP contribution is 2.25. The highest BCUT2D eigenvalue weighted by Gasteiger charge is 2.22. The highest BCUT2D eigenvalue weighted by atomic mass is 35.5. The van der Waals surface area contributed by atoms with Gasteiger partial charge in [0.15, 0.2) is 0 Å². The minimum Gasteiger partial charge on any atom is -0.495 e. The van der Waals surface area contributed by atoms with Crippen LogP contribution in [0.2, 0.25) is 5.02 Å². The maximum atomic E-state index is 6.22. The average Bonchev–Trinajstić information content (AvgIpc) is 2.62. The molecule has 0 saturated carbocycles. The summed E-state index contributed by atoms with van der Waals surface area (Å²) in [6.45, 7) is 5.23. The molecule has 2 aromatic rings. The van der Waals surface area contributed by atoms with Crippen molar-refractivity contribution in [1.82, 2.24) is 4.90 Å². The summed E-state index contributed by atoms with van der Waals surface area (Å²) in [4.78, 5) is 4.76. The van der Waals surface area contributed by atoms with Crippen LogP contribution in [0.3, 0.4) is 0 Å². The summed E-state index contributed by atoms with van der Waals surface area (Å²) in [7, 11) is 1.62. The Bertz CT molecular complexity index is 700. The van der Waals surface area contributed by atoms with Gasteiger partial charge in [-0.25, -0.2) is 0 Å². The molecule has 1 heterocycles. The quantitative estimate of drug-likeness (QED) is 0.843. The molecule has 1 aliphatic heterocycles. The van der Waals surface area contributed by atoms with Gasteiger partial charge >= 0.3 is 0 Å². The molecule has 0 unspecified atom stereocenters. The molecule has 0 amide bonds. The Balaban J connectivity index is 1.58. The van der Waals surface area contributed by atoms with Gasteiger partial charge in [0.25, 0.3) is 0 Å². The minimum absolute atomic E-state index is 0.602. The number of nitrogens with zero attached hydrogens (tertiary/aromatic N) is 1. The first-order valence-electron chi connectivity index (χ1n) is 8.17. The molecule has 0 aromatic heterocycles. The normalized spacial score (nSPS) is 15.3. The molecule has 0 aliphatic carbocycles. The summed E-state index contributed by atoms with van der Waals surface area (Å²) >= 11 is 11.9. The van der Waals surface area contributed by atoms with Crippen molar-refractivity contribution in [2.45, 2.75) is 6.54 Å². The summed E-state index contributed by atoms with van der Waals surface area (Å²) in [5.74, 6) is 0.681. The molecule has 0 bridgehead atoms. The van der Waals surface area contributed by atoms with E-state index in [1.54, 1.807) is 12.0 Å². The molecule has 1 aliphatic rings. The van der Waals surface area contributed by atoms with Crippen molar-refractivity contribution in [2.24, 2.45) is 0 Å². The van der Waals surface area contributed by atoms with Crippen molar-refractivity contribution in [3.8, 4) is 5.75 Å². The third-order valence-corrected chi connectivity index (χ3v) is 5.24. The first kappa shape index (κ1) is 17.2. The zero-order chi connectivity index (χ0) is 16.9. The molecular weight excluding hydrogens is 340 g/mol. The van der Waals surface area contributed by atoms with Gasteiger partial charge in [-0.05, 0) is 18.2 Å². The number of nitrogens with one attached hydrogen (secondary N) is 1. The topological polar surface area (TPSA) is 16.9 Å². The summed E-state index contributed by atoms with van der Waals surface area (Å²) in [5, 5.41) is 0.602. The van der Waals surface area contributed by atoms with E-state index in [0.29, 0.717) is 10.8 Å². The third kappa shape index (κ3) is 4.07. The standard InChI is InChI=1S/C19H21ClN2OS/c1-23-18-8-7-16(13-17(18)20)19(24)22-11-9-21(10-12-22)14-15-5-3-2-4-6-15/h2-8,13H,9-12,14H2,1H3/p+1. The Hall–Kier alpha value is -1.62. The third-order valence-electron chi connectivity index (χ3n) is 4.45. The molecule has 0 spiro atoms. The highest BCUT2D eigenvalue weighted by molar-refractivity contribution is 7.80. The van der Waals surface area contributed by atoms with E-state index < -0.39 is 0 Å². The predicted octanol–water partition coefficient (Wildman–Crippen LogP) is 2.42. The van der Waals surface area contributed by atoms with Gasteiger partial charge in [-0.1, -0.05) is 54.2 Å². The van der Waals surface area contributed by atoms with Crippen LogP contribution in [0.25, 0.3) is 0 Å². The Kier molecular flexibility index (Phi) is 5.72. The number of rotatable bonds is 4. The van der Waals surface area contributed by atoms with Crippen molar-refractivity contribution in [1.29, 1.82) is 0 Å². The molecule has 3 rings (SSSR count). The molecular formula is C19H22ClN2OS+. The Labute approximate surface area is 153 Å². The van der Waals surface area contributed by atoms with Gasteiger partial charge in [-0.3, -0.25) is 0 Å². The molecule has 126 valence electrons. The number of piperazine rings is 1. The number of hydrogen-bond acceptors (Lipinski definition) is 2. The van der Waals surface area contributed by atoms with Gasteiger partial charge < -0.3 is 14.5 Å². The number of ether oxygens (including phenoxy) is 1. The number of thiocarbonyl (C=S) groups is 1. The molecule has 3 nitrogen and oxygen atoms in total. The maximum Gasteiger partial charge on any atom is 0.137 e. The summed E-state index contributed by atoms with van der Waals surface area (Å²) < 4.78 is 5.20. The fourth-order valence-electron chi connectivity index (χ4n) is 3.07. The molecule has 1 N–H and O–H groups in total. The van der Waals surface area contributed by atoms with Gasteiger partial charge in [0, 0.05) is 11.1 Å². The van der Waals surface area contributed by atoms with E-state index in [1.807, 2.05) is 18.2 Å². The second kappa shape index (κ2) is 7.97. The molecule has 1 fully saturated rings. The van der Waals surface area contributed by atoms with Crippen LogP contribution in [0, 0.1) is 0 Å². The molecule has 24 heavy (non-hydrogen) atoms. The average molecular weight is 362 g/mol. The lowest BCUT2D eigenvalue weighted by molar-refractivity contribution is -0.917. The fourth-order valence-corrected chi connectivity index (χ4v) is 3.64. The van der Waals surface area contributed by atoms with Gasteiger partial charge in [-0.2, -0.15) is 0 Å². The molecule has 2 aromatic carbocycles. The molecule has 5 heteroatoms. The SMILES string of the molecule is COc1ccc(C(=S)N2CC[NH+](Cc3ccccc3)CC2)cc1Cl. The zero-order valence-corrected chi connectivity index (χ0v) is 15.4. The van der Waals surface area contributed by atoms with E-state index in [4.69, 9.17) is 28.6 Å². The van der Waals surface area contributed by atoms with Gasteiger partial charge in [0.05, 0.1) is 38.3 Å².